The fraction of sp³-hybridized carbons (Fsp3) is 0.312. The molecule has 2 rings (SSSR count). The predicted octanol–water partition coefficient (Wildman–Crippen LogP) is 1.55. The monoisotopic (exact) mass is 381 g/mol. The van der Waals surface area contributed by atoms with Crippen LogP contribution in [0.1, 0.15) is 5.69 Å². The van der Waals surface area contributed by atoms with E-state index >= 15 is 0 Å². The number of aromatic nitrogens is 1. The molecule has 25 heavy (non-hydrogen) atoms. The van der Waals surface area contributed by atoms with Gasteiger partial charge >= 0.3 is 0 Å². The molecule has 1 amide bonds. The summed E-state index contributed by atoms with van der Waals surface area (Å²) in [6, 6.07) is 6.10. The summed E-state index contributed by atoms with van der Waals surface area (Å²) in [7, 11) is 3.93. The quantitative estimate of drug-likeness (QED) is 0.521. The van der Waals surface area contributed by atoms with Crippen molar-refractivity contribution in [1.82, 2.24) is 26.1 Å². The zero-order valence-electron chi connectivity index (χ0n) is 14.0. The van der Waals surface area contributed by atoms with Gasteiger partial charge in [0, 0.05) is 24.0 Å². The van der Waals surface area contributed by atoms with E-state index in [2.05, 4.69) is 21.2 Å². The predicted molar refractivity (Wildman–Crippen MR) is 102 cm³/mol. The molecule has 0 saturated heterocycles. The maximum atomic E-state index is 13.0. The van der Waals surface area contributed by atoms with Gasteiger partial charge in [0.05, 0.1) is 12.1 Å². The maximum Gasteiger partial charge on any atom is 0.244 e. The van der Waals surface area contributed by atoms with Crippen molar-refractivity contribution in [2.75, 3.05) is 27.2 Å². The molecule has 1 aromatic carbocycles. The molecule has 134 valence electrons. The van der Waals surface area contributed by atoms with Crippen molar-refractivity contribution in [2.45, 2.75) is 6.42 Å². The normalized spacial score (nSPS) is 10.6. The van der Waals surface area contributed by atoms with Crippen molar-refractivity contribution in [3.05, 3.63) is 41.2 Å². The minimum Gasteiger partial charge on any atom is -0.360 e. The van der Waals surface area contributed by atoms with Crippen LogP contribution in [0.5, 0.6) is 0 Å². The highest BCUT2D eigenvalue weighted by atomic mass is 32.1. The number of halogens is 1. The Morgan fingerprint density at radius 3 is 2.68 bits per heavy atom. The van der Waals surface area contributed by atoms with Crippen molar-refractivity contribution in [2.24, 2.45) is 0 Å². The Morgan fingerprint density at radius 1 is 1.28 bits per heavy atom. The van der Waals surface area contributed by atoms with Gasteiger partial charge in [-0.2, -0.15) is 0 Å². The van der Waals surface area contributed by atoms with E-state index in [4.69, 9.17) is 12.2 Å². The minimum absolute atomic E-state index is 0.130. The number of thiazole rings is 1. The van der Waals surface area contributed by atoms with E-state index in [0.717, 1.165) is 17.1 Å². The Kier molecular flexibility index (Phi) is 7.23. The smallest absolute Gasteiger partial charge is 0.244 e. The SMILES string of the molecule is CN(C)CCNC(=S)NNC(=O)Cc1csc(-c2ccc(F)cc2)n1. The molecule has 0 radical (unpaired) electrons. The second-order valence-electron chi connectivity index (χ2n) is 5.56. The molecule has 0 aliphatic heterocycles. The van der Waals surface area contributed by atoms with E-state index in [9.17, 15) is 9.18 Å². The molecule has 0 spiro atoms. The number of hydrazine groups is 1. The number of nitrogens with zero attached hydrogens (tertiary/aromatic N) is 2. The molecule has 3 N–H and O–H groups in total. The molecule has 0 saturated carbocycles. The van der Waals surface area contributed by atoms with Crippen molar-refractivity contribution in [3.8, 4) is 10.6 Å². The topological polar surface area (TPSA) is 69.3 Å². The number of likely N-dealkylation sites (N-methyl/N-ethyl adjacent to an activating group) is 1. The Bertz CT molecular complexity index is 718. The number of benzene rings is 1. The first-order valence-corrected chi connectivity index (χ1v) is 8.90. The molecule has 6 nitrogen and oxygen atoms in total. The molecule has 9 heteroatoms. The second kappa shape index (κ2) is 9.40. The highest BCUT2D eigenvalue weighted by molar-refractivity contribution is 7.80. The van der Waals surface area contributed by atoms with E-state index in [1.54, 1.807) is 12.1 Å². The van der Waals surface area contributed by atoms with Gasteiger partial charge in [0.25, 0.3) is 0 Å². The van der Waals surface area contributed by atoms with Gasteiger partial charge in [-0.15, -0.1) is 11.3 Å². The number of nitrogens with one attached hydrogen (secondary N) is 3. The first-order valence-electron chi connectivity index (χ1n) is 7.62. The van der Waals surface area contributed by atoms with Crippen LogP contribution in [0.4, 0.5) is 4.39 Å². The Hall–Kier alpha value is -2.10. The third kappa shape index (κ3) is 6.73. The number of hydrogen-bond acceptors (Lipinski definition) is 5. The number of amides is 1. The molecule has 0 aliphatic rings. The van der Waals surface area contributed by atoms with Crippen LogP contribution in [0, 0.1) is 5.82 Å². The Balaban J connectivity index is 1.77. The van der Waals surface area contributed by atoms with E-state index in [1.807, 2.05) is 24.4 Å². The average molecular weight is 382 g/mol. The molecule has 1 aromatic heterocycles. The van der Waals surface area contributed by atoms with Gasteiger partial charge < -0.3 is 10.2 Å². The molecule has 0 unspecified atom stereocenters. The molecule has 0 atom stereocenters. The number of carbonyl (C=O) groups is 1. The summed E-state index contributed by atoms with van der Waals surface area (Å²) in [5.41, 5.74) is 6.66. The van der Waals surface area contributed by atoms with Crippen LogP contribution in [0.2, 0.25) is 0 Å². The van der Waals surface area contributed by atoms with E-state index in [-0.39, 0.29) is 18.1 Å². The first kappa shape index (κ1) is 19.2. The van der Waals surface area contributed by atoms with Crippen molar-refractivity contribution >= 4 is 34.6 Å². The van der Waals surface area contributed by atoms with Gasteiger partial charge in [0.15, 0.2) is 5.11 Å². The summed E-state index contributed by atoms with van der Waals surface area (Å²) >= 11 is 6.48. The van der Waals surface area contributed by atoms with Crippen LogP contribution in [0.25, 0.3) is 10.6 Å². The highest BCUT2D eigenvalue weighted by Crippen LogP contribution is 2.23. The van der Waals surface area contributed by atoms with Crippen LogP contribution in [0.3, 0.4) is 0 Å². The Morgan fingerprint density at radius 2 is 2.00 bits per heavy atom. The van der Waals surface area contributed by atoms with Crippen molar-refractivity contribution in [3.63, 3.8) is 0 Å². The van der Waals surface area contributed by atoms with Gasteiger partial charge in [-0.1, -0.05) is 0 Å². The standard InChI is InChI=1S/C16H20FN5OS2/c1-22(2)8-7-18-16(24)21-20-14(23)9-13-10-25-15(19-13)11-3-5-12(17)6-4-11/h3-6,10H,7-9H2,1-2H3,(H,20,23)(H2,18,21,24). The molecule has 0 aliphatic carbocycles. The molecule has 0 fully saturated rings. The largest absolute Gasteiger partial charge is 0.360 e. The maximum absolute atomic E-state index is 13.0. The first-order chi connectivity index (χ1) is 11.9. The van der Waals surface area contributed by atoms with Crippen LogP contribution >= 0.6 is 23.6 Å². The summed E-state index contributed by atoms with van der Waals surface area (Å²) in [4.78, 5) is 18.4. The summed E-state index contributed by atoms with van der Waals surface area (Å²) in [5, 5.41) is 5.90. The van der Waals surface area contributed by atoms with E-state index in [1.165, 1.54) is 23.5 Å². The van der Waals surface area contributed by atoms with Crippen molar-refractivity contribution in [1.29, 1.82) is 0 Å². The summed E-state index contributed by atoms with van der Waals surface area (Å²) in [5.74, 6) is -0.533. The highest BCUT2D eigenvalue weighted by Gasteiger charge is 2.09. The summed E-state index contributed by atoms with van der Waals surface area (Å²) < 4.78 is 13.0. The zero-order valence-corrected chi connectivity index (χ0v) is 15.6. The lowest BCUT2D eigenvalue weighted by molar-refractivity contribution is -0.121. The molecule has 1 heterocycles. The van der Waals surface area contributed by atoms with Gasteiger partial charge in [-0.25, -0.2) is 9.37 Å². The lowest BCUT2D eigenvalue weighted by atomic mass is 10.2. The third-order valence-corrected chi connectivity index (χ3v) is 4.33. The van der Waals surface area contributed by atoms with E-state index in [0.29, 0.717) is 17.4 Å². The second-order valence-corrected chi connectivity index (χ2v) is 6.83. The minimum atomic E-state index is -0.291. The van der Waals surface area contributed by atoms with E-state index < -0.39 is 0 Å². The lowest BCUT2D eigenvalue weighted by Gasteiger charge is -2.13. The number of carbonyl (C=O) groups excluding carboxylic acids is 1. The van der Waals surface area contributed by atoms with Crippen LogP contribution in [-0.4, -0.2) is 48.1 Å². The number of rotatable bonds is 6. The van der Waals surface area contributed by atoms with Crippen LogP contribution in [0.15, 0.2) is 29.6 Å². The molecular weight excluding hydrogens is 361 g/mol. The molecular formula is C16H20FN5OS2. The summed E-state index contributed by atoms with van der Waals surface area (Å²) in [6.45, 7) is 1.52. The Labute approximate surface area is 155 Å². The third-order valence-electron chi connectivity index (χ3n) is 3.14. The lowest BCUT2D eigenvalue weighted by Crippen LogP contribution is -2.48. The van der Waals surface area contributed by atoms with Crippen molar-refractivity contribution < 1.29 is 9.18 Å². The fourth-order valence-electron chi connectivity index (χ4n) is 1.89. The van der Waals surface area contributed by atoms with Crippen LogP contribution < -0.4 is 16.2 Å². The zero-order chi connectivity index (χ0) is 18.2. The van der Waals surface area contributed by atoms with Crippen LogP contribution in [-0.2, 0) is 11.2 Å². The van der Waals surface area contributed by atoms with Gasteiger partial charge in [-0.3, -0.25) is 15.6 Å². The fourth-order valence-corrected chi connectivity index (χ4v) is 2.86. The number of thiocarbonyl (C=S) groups is 1. The molecule has 2 aromatic rings. The average Bonchev–Trinajstić information content (AvgIpc) is 3.01. The summed E-state index contributed by atoms with van der Waals surface area (Å²) in [6.07, 6.45) is 0.130. The number of hydrogen-bond donors (Lipinski definition) is 3. The molecule has 0 bridgehead atoms. The van der Waals surface area contributed by atoms with Gasteiger partial charge in [0.2, 0.25) is 5.91 Å². The van der Waals surface area contributed by atoms with Gasteiger partial charge in [-0.05, 0) is 50.6 Å². The van der Waals surface area contributed by atoms with Gasteiger partial charge in [0.1, 0.15) is 10.8 Å².